The molecule has 0 saturated heterocycles. The number of ether oxygens (including phenoxy) is 2. The Labute approximate surface area is 179 Å². The molecule has 0 unspecified atom stereocenters. The third kappa shape index (κ3) is 4.76. The van der Waals surface area contributed by atoms with Crippen molar-refractivity contribution in [2.45, 2.75) is 52.7 Å². The van der Waals surface area contributed by atoms with Crippen molar-refractivity contribution in [1.29, 1.82) is 0 Å². The summed E-state index contributed by atoms with van der Waals surface area (Å²) in [5, 5.41) is 5.33. The highest BCUT2D eigenvalue weighted by molar-refractivity contribution is 5.84. The molecule has 3 aromatic carbocycles. The van der Waals surface area contributed by atoms with Crippen molar-refractivity contribution in [2.75, 3.05) is 7.11 Å². The molecule has 0 aliphatic heterocycles. The van der Waals surface area contributed by atoms with Crippen LogP contribution < -0.4 is 14.8 Å². The zero-order valence-electron chi connectivity index (χ0n) is 18.7. The van der Waals surface area contributed by atoms with Gasteiger partial charge in [-0.2, -0.15) is 0 Å². The van der Waals surface area contributed by atoms with E-state index < -0.39 is 6.10 Å². The molecule has 158 valence electrons. The zero-order chi connectivity index (χ0) is 21.8. The van der Waals surface area contributed by atoms with Crippen molar-refractivity contribution in [3.63, 3.8) is 0 Å². The average molecular weight is 406 g/mol. The second-order valence-corrected chi connectivity index (χ2v) is 8.10. The SMILES string of the molecule is COc1cc(C)c([C@@H](C)NC(=O)[C@H](C)Oc2ccc3ccccc3c2)cc1C(C)C. The van der Waals surface area contributed by atoms with E-state index in [0.29, 0.717) is 11.7 Å². The molecule has 0 aliphatic rings. The molecular weight excluding hydrogens is 374 g/mol. The minimum atomic E-state index is -0.600. The van der Waals surface area contributed by atoms with Crippen LogP contribution in [0.3, 0.4) is 0 Å². The number of aryl methyl sites for hydroxylation is 1. The van der Waals surface area contributed by atoms with Gasteiger partial charge in [0.05, 0.1) is 13.2 Å². The highest BCUT2D eigenvalue weighted by atomic mass is 16.5. The minimum Gasteiger partial charge on any atom is -0.496 e. The van der Waals surface area contributed by atoms with Crippen molar-refractivity contribution in [3.05, 3.63) is 71.3 Å². The molecule has 0 fully saturated rings. The fourth-order valence-electron chi connectivity index (χ4n) is 3.72. The first-order chi connectivity index (χ1) is 14.3. The van der Waals surface area contributed by atoms with Gasteiger partial charge >= 0.3 is 0 Å². The van der Waals surface area contributed by atoms with E-state index >= 15 is 0 Å². The third-order valence-corrected chi connectivity index (χ3v) is 5.47. The van der Waals surface area contributed by atoms with Crippen LogP contribution in [0.4, 0.5) is 0 Å². The number of carbonyl (C=O) groups is 1. The molecule has 0 bridgehead atoms. The topological polar surface area (TPSA) is 47.6 Å². The van der Waals surface area contributed by atoms with Gasteiger partial charge < -0.3 is 14.8 Å². The molecule has 0 heterocycles. The Balaban J connectivity index is 1.72. The summed E-state index contributed by atoms with van der Waals surface area (Å²) in [6.07, 6.45) is -0.600. The fourth-order valence-corrected chi connectivity index (χ4v) is 3.72. The summed E-state index contributed by atoms with van der Waals surface area (Å²) in [6.45, 7) is 10.1. The number of fused-ring (bicyclic) bond motifs is 1. The van der Waals surface area contributed by atoms with Crippen molar-refractivity contribution in [3.8, 4) is 11.5 Å². The van der Waals surface area contributed by atoms with Crippen molar-refractivity contribution in [2.24, 2.45) is 0 Å². The lowest BCUT2D eigenvalue weighted by Crippen LogP contribution is -2.38. The number of rotatable bonds is 7. The fraction of sp³-hybridized carbons (Fsp3) is 0.346. The third-order valence-electron chi connectivity index (χ3n) is 5.47. The molecule has 4 nitrogen and oxygen atoms in total. The Morgan fingerprint density at radius 2 is 1.60 bits per heavy atom. The number of amides is 1. The molecule has 0 radical (unpaired) electrons. The lowest BCUT2D eigenvalue weighted by Gasteiger charge is -2.23. The van der Waals surface area contributed by atoms with Crippen molar-refractivity contribution < 1.29 is 14.3 Å². The smallest absolute Gasteiger partial charge is 0.261 e. The van der Waals surface area contributed by atoms with E-state index in [1.807, 2.05) is 56.3 Å². The number of hydrogen-bond acceptors (Lipinski definition) is 3. The lowest BCUT2D eigenvalue weighted by molar-refractivity contribution is -0.127. The van der Waals surface area contributed by atoms with Gasteiger partial charge in [0.15, 0.2) is 6.10 Å². The van der Waals surface area contributed by atoms with Crippen LogP contribution in [-0.2, 0) is 4.79 Å². The molecule has 0 spiro atoms. The standard InChI is InChI=1S/C26H31NO3/c1-16(2)23-15-24(17(3)13-25(23)29-6)18(4)27-26(28)19(5)30-22-12-11-20-9-7-8-10-21(20)14-22/h7-16,18-19H,1-6H3,(H,27,28)/t18-,19+/m1/s1. The number of nitrogens with one attached hydrogen (secondary N) is 1. The molecule has 0 aliphatic carbocycles. The van der Waals surface area contributed by atoms with E-state index in [2.05, 4.69) is 31.3 Å². The highest BCUT2D eigenvalue weighted by Gasteiger charge is 2.20. The summed E-state index contributed by atoms with van der Waals surface area (Å²) < 4.78 is 11.4. The van der Waals surface area contributed by atoms with Gasteiger partial charge in [-0.25, -0.2) is 0 Å². The predicted molar refractivity (Wildman–Crippen MR) is 122 cm³/mol. The van der Waals surface area contributed by atoms with Gasteiger partial charge in [0.1, 0.15) is 11.5 Å². The number of hydrogen-bond donors (Lipinski definition) is 1. The molecular formula is C26H31NO3. The van der Waals surface area contributed by atoms with E-state index in [1.165, 1.54) is 0 Å². The number of carbonyl (C=O) groups excluding carboxylic acids is 1. The largest absolute Gasteiger partial charge is 0.496 e. The summed E-state index contributed by atoms with van der Waals surface area (Å²) in [5.41, 5.74) is 3.32. The van der Waals surface area contributed by atoms with E-state index in [1.54, 1.807) is 14.0 Å². The maximum absolute atomic E-state index is 12.8. The van der Waals surface area contributed by atoms with Crippen LogP contribution in [-0.4, -0.2) is 19.1 Å². The van der Waals surface area contributed by atoms with Gasteiger partial charge in [0.2, 0.25) is 0 Å². The van der Waals surface area contributed by atoms with Gasteiger partial charge in [0.25, 0.3) is 5.91 Å². The second kappa shape index (κ2) is 9.21. The monoisotopic (exact) mass is 405 g/mol. The number of benzene rings is 3. The summed E-state index contributed by atoms with van der Waals surface area (Å²) >= 11 is 0. The van der Waals surface area contributed by atoms with E-state index in [-0.39, 0.29) is 11.9 Å². The molecule has 4 heteroatoms. The highest BCUT2D eigenvalue weighted by Crippen LogP contribution is 2.32. The first-order valence-electron chi connectivity index (χ1n) is 10.4. The summed E-state index contributed by atoms with van der Waals surface area (Å²) in [7, 11) is 1.69. The molecule has 3 rings (SSSR count). The first kappa shape index (κ1) is 21.7. The minimum absolute atomic E-state index is 0.136. The Morgan fingerprint density at radius 1 is 0.900 bits per heavy atom. The van der Waals surface area contributed by atoms with Crippen LogP contribution in [0.5, 0.6) is 11.5 Å². The van der Waals surface area contributed by atoms with E-state index in [9.17, 15) is 4.79 Å². The van der Waals surface area contributed by atoms with Crippen LogP contribution in [0.1, 0.15) is 56.3 Å². The quantitative estimate of drug-likeness (QED) is 0.530. The van der Waals surface area contributed by atoms with Crippen molar-refractivity contribution in [1.82, 2.24) is 5.32 Å². The Hall–Kier alpha value is -3.01. The molecule has 1 N–H and O–H groups in total. The molecule has 2 atom stereocenters. The zero-order valence-corrected chi connectivity index (χ0v) is 18.7. The average Bonchev–Trinajstić information content (AvgIpc) is 2.72. The molecule has 0 aromatic heterocycles. The Kier molecular flexibility index (Phi) is 6.66. The van der Waals surface area contributed by atoms with Gasteiger partial charge in [-0.05, 0) is 78.4 Å². The summed E-state index contributed by atoms with van der Waals surface area (Å²) in [4.78, 5) is 12.8. The summed E-state index contributed by atoms with van der Waals surface area (Å²) in [6, 6.07) is 18.0. The number of methoxy groups -OCH3 is 1. The predicted octanol–water partition coefficient (Wildman–Crippen LogP) is 5.92. The lowest BCUT2D eigenvalue weighted by atomic mass is 9.93. The Bertz CT molecular complexity index is 1040. The van der Waals surface area contributed by atoms with Gasteiger partial charge in [0, 0.05) is 0 Å². The van der Waals surface area contributed by atoms with Crippen LogP contribution in [0.15, 0.2) is 54.6 Å². The molecule has 1 amide bonds. The summed E-state index contributed by atoms with van der Waals surface area (Å²) in [5.74, 6) is 1.76. The van der Waals surface area contributed by atoms with Crippen LogP contribution in [0.2, 0.25) is 0 Å². The van der Waals surface area contributed by atoms with E-state index in [4.69, 9.17) is 9.47 Å². The van der Waals surface area contributed by atoms with E-state index in [0.717, 1.165) is 33.2 Å². The Morgan fingerprint density at radius 3 is 2.27 bits per heavy atom. The maximum Gasteiger partial charge on any atom is 0.261 e. The maximum atomic E-state index is 12.8. The molecule has 3 aromatic rings. The normalized spacial score (nSPS) is 13.2. The van der Waals surface area contributed by atoms with Crippen molar-refractivity contribution >= 4 is 16.7 Å². The second-order valence-electron chi connectivity index (χ2n) is 8.10. The van der Waals surface area contributed by atoms with Gasteiger partial charge in [-0.3, -0.25) is 4.79 Å². The molecule has 0 saturated carbocycles. The van der Waals surface area contributed by atoms with Gasteiger partial charge in [-0.15, -0.1) is 0 Å². The first-order valence-corrected chi connectivity index (χ1v) is 10.4. The van der Waals surface area contributed by atoms with Gasteiger partial charge in [-0.1, -0.05) is 44.2 Å². The van der Waals surface area contributed by atoms with Crippen LogP contribution in [0.25, 0.3) is 10.8 Å². The van der Waals surface area contributed by atoms with Crippen LogP contribution in [0, 0.1) is 6.92 Å². The molecule has 30 heavy (non-hydrogen) atoms. The van der Waals surface area contributed by atoms with Crippen LogP contribution >= 0.6 is 0 Å².